The molecule has 0 bridgehead atoms. The maximum atomic E-state index is 11.6. The molecule has 1 fully saturated rings. The van der Waals surface area contributed by atoms with Crippen LogP contribution in [0.4, 0.5) is 0 Å². The van der Waals surface area contributed by atoms with Crippen LogP contribution in [0, 0.1) is 12.8 Å². The minimum atomic E-state index is -0.593. The van der Waals surface area contributed by atoms with E-state index in [1.807, 2.05) is 0 Å². The highest BCUT2D eigenvalue weighted by molar-refractivity contribution is 5.03. The third-order valence-electron chi connectivity index (χ3n) is 3.41. The molecule has 6 heteroatoms. The van der Waals surface area contributed by atoms with Crippen molar-refractivity contribution in [2.45, 2.75) is 31.9 Å². The first-order chi connectivity index (χ1) is 8.02. The molecule has 0 amide bonds. The van der Waals surface area contributed by atoms with Crippen LogP contribution in [0.1, 0.15) is 24.4 Å². The second kappa shape index (κ2) is 4.46. The van der Waals surface area contributed by atoms with Crippen molar-refractivity contribution in [2.24, 2.45) is 5.92 Å². The van der Waals surface area contributed by atoms with Gasteiger partial charge in [0.25, 0.3) is 5.56 Å². The lowest BCUT2D eigenvalue weighted by Gasteiger charge is -2.13. The molecule has 1 saturated carbocycles. The number of nitrogens with zero attached hydrogens (tertiary/aromatic N) is 1. The van der Waals surface area contributed by atoms with Gasteiger partial charge in [-0.3, -0.25) is 14.3 Å². The van der Waals surface area contributed by atoms with E-state index in [2.05, 4.69) is 4.98 Å². The van der Waals surface area contributed by atoms with Gasteiger partial charge in [-0.15, -0.1) is 0 Å². The quantitative estimate of drug-likeness (QED) is 0.627. The maximum absolute atomic E-state index is 11.6. The van der Waals surface area contributed by atoms with Crippen molar-refractivity contribution in [3.8, 4) is 0 Å². The lowest BCUT2D eigenvalue weighted by molar-refractivity contribution is 0.0906. The Morgan fingerprint density at radius 1 is 1.47 bits per heavy atom. The van der Waals surface area contributed by atoms with Crippen LogP contribution in [0.5, 0.6) is 0 Å². The van der Waals surface area contributed by atoms with Crippen LogP contribution in [0.25, 0.3) is 0 Å². The first kappa shape index (κ1) is 12.1. The summed E-state index contributed by atoms with van der Waals surface area (Å²) in [5.41, 5.74) is -0.383. The summed E-state index contributed by atoms with van der Waals surface area (Å²) in [4.78, 5) is 25.1. The topological polar surface area (TPSA) is 95.3 Å². The Morgan fingerprint density at radius 3 is 2.76 bits per heavy atom. The molecule has 1 aromatic rings. The molecule has 1 aliphatic carbocycles. The molecule has 0 aromatic carbocycles. The minimum absolute atomic E-state index is 0.0885. The van der Waals surface area contributed by atoms with Gasteiger partial charge in [0, 0.05) is 30.3 Å². The second-order valence-corrected chi connectivity index (χ2v) is 4.61. The SMILES string of the molecule is Cc1cn([C@H]2C[C@H](CO)[C@@H](O)C2)c(=O)[nH]c1=O. The van der Waals surface area contributed by atoms with Crippen LogP contribution in [0.3, 0.4) is 0 Å². The maximum Gasteiger partial charge on any atom is 0.328 e. The fraction of sp³-hybridized carbons (Fsp3) is 0.636. The summed E-state index contributed by atoms with van der Waals surface area (Å²) >= 11 is 0. The Morgan fingerprint density at radius 2 is 2.18 bits per heavy atom. The van der Waals surface area contributed by atoms with Gasteiger partial charge in [0.15, 0.2) is 0 Å². The number of aryl methyl sites for hydroxylation is 1. The van der Waals surface area contributed by atoms with E-state index in [0.717, 1.165) is 0 Å². The predicted molar refractivity (Wildman–Crippen MR) is 60.9 cm³/mol. The van der Waals surface area contributed by atoms with Crippen LogP contribution in [0.2, 0.25) is 0 Å². The van der Waals surface area contributed by atoms with Gasteiger partial charge in [0.2, 0.25) is 0 Å². The summed E-state index contributed by atoms with van der Waals surface area (Å²) in [5, 5.41) is 18.8. The number of aliphatic hydroxyl groups is 2. The van der Waals surface area contributed by atoms with Crippen molar-refractivity contribution in [3.05, 3.63) is 32.6 Å². The van der Waals surface area contributed by atoms with E-state index >= 15 is 0 Å². The zero-order valence-electron chi connectivity index (χ0n) is 9.59. The van der Waals surface area contributed by atoms with Crippen LogP contribution < -0.4 is 11.2 Å². The van der Waals surface area contributed by atoms with Gasteiger partial charge in [-0.2, -0.15) is 0 Å². The van der Waals surface area contributed by atoms with Crippen molar-refractivity contribution in [2.75, 3.05) is 6.61 Å². The fourth-order valence-corrected chi connectivity index (χ4v) is 2.35. The Bertz CT molecular complexity index is 519. The third-order valence-corrected chi connectivity index (χ3v) is 3.41. The summed E-state index contributed by atoms with van der Waals surface area (Å²) < 4.78 is 1.44. The molecular weight excluding hydrogens is 224 g/mol. The van der Waals surface area contributed by atoms with Crippen LogP contribution in [-0.2, 0) is 0 Å². The standard InChI is InChI=1S/C11H16N2O4/c1-6-4-13(11(17)12-10(6)16)8-2-7(5-14)9(15)3-8/h4,7-9,14-15H,2-3,5H2,1H3,(H,12,16,17)/t7-,8+,9+/m1/s1. The smallest absolute Gasteiger partial charge is 0.328 e. The number of aromatic amines is 1. The number of hydrogen-bond donors (Lipinski definition) is 3. The zero-order chi connectivity index (χ0) is 12.6. The van der Waals surface area contributed by atoms with Crippen molar-refractivity contribution in [1.82, 2.24) is 9.55 Å². The highest BCUT2D eigenvalue weighted by Gasteiger charge is 2.33. The Kier molecular flexibility index (Phi) is 3.17. The van der Waals surface area contributed by atoms with Crippen molar-refractivity contribution >= 4 is 0 Å². The van der Waals surface area contributed by atoms with Gasteiger partial charge in [-0.25, -0.2) is 4.79 Å². The molecule has 94 valence electrons. The van der Waals surface area contributed by atoms with E-state index < -0.39 is 11.8 Å². The number of hydrogen-bond acceptors (Lipinski definition) is 4. The van der Waals surface area contributed by atoms with Crippen molar-refractivity contribution in [3.63, 3.8) is 0 Å². The Balaban J connectivity index is 2.34. The lowest BCUT2D eigenvalue weighted by Crippen LogP contribution is -2.32. The molecule has 2 rings (SSSR count). The van der Waals surface area contributed by atoms with E-state index in [0.29, 0.717) is 18.4 Å². The van der Waals surface area contributed by atoms with E-state index in [1.54, 1.807) is 6.92 Å². The summed E-state index contributed by atoms with van der Waals surface area (Å²) in [6, 6.07) is -0.162. The average molecular weight is 240 g/mol. The molecule has 1 heterocycles. The Hall–Kier alpha value is -1.40. The Labute approximate surface area is 97.5 Å². The number of nitrogens with one attached hydrogen (secondary N) is 1. The molecule has 6 nitrogen and oxygen atoms in total. The lowest BCUT2D eigenvalue weighted by atomic mass is 10.1. The van der Waals surface area contributed by atoms with Gasteiger partial charge >= 0.3 is 5.69 Å². The number of H-pyrrole nitrogens is 1. The molecule has 0 aliphatic heterocycles. The normalized spacial score (nSPS) is 28.5. The summed E-state index contributed by atoms with van der Waals surface area (Å²) in [5.74, 6) is -0.195. The van der Waals surface area contributed by atoms with Crippen molar-refractivity contribution < 1.29 is 10.2 Å². The van der Waals surface area contributed by atoms with E-state index in [9.17, 15) is 14.7 Å². The first-order valence-electron chi connectivity index (χ1n) is 5.64. The highest BCUT2D eigenvalue weighted by Crippen LogP contribution is 2.33. The molecule has 0 unspecified atom stereocenters. The third kappa shape index (κ3) is 2.18. The van der Waals surface area contributed by atoms with Crippen LogP contribution >= 0.6 is 0 Å². The van der Waals surface area contributed by atoms with E-state index in [-0.39, 0.29) is 24.1 Å². The minimum Gasteiger partial charge on any atom is -0.396 e. The molecule has 1 aliphatic rings. The predicted octanol–water partition coefficient (Wildman–Crippen LogP) is -0.851. The molecule has 0 radical (unpaired) electrons. The highest BCUT2D eigenvalue weighted by atomic mass is 16.3. The summed E-state index contributed by atoms with van der Waals surface area (Å²) in [7, 11) is 0. The molecule has 3 N–H and O–H groups in total. The van der Waals surface area contributed by atoms with E-state index in [1.165, 1.54) is 10.8 Å². The molecular formula is C11H16N2O4. The van der Waals surface area contributed by atoms with Crippen molar-refractivity contribution in [1.29, 1.82) is 0 Å². The molecule has 17 heavy (non-hydrogen) atoms. The van der Waals surface area contributed by atoms with Crippen LogP contribution in [0.15, 0.2) is 15.8 Å². The summed E-state index contributed by atoms with van der Waals surface area (Å²) in [6.07, 6.45) is 1.89. The second-order valence-electron chi connectivity index (χ2n) is 4.61. The van der Waals surface area contributed by atoms with Gasteiger partial charge in [0.1, 0.15) is 0 Å². The monoisotopic (exact) mass is 240 g/mol. The summed E-state index contributed by atoms with van der Waals surface area (Å²) in [6.45, 7) is 1.54. The largest absolute Gasteiger partial charge is 0.396 e. The fourth-order valence-electron chi connectivity index (χ4n) is 2.35. The zero-order valence-corrected chi connectivity index (χ0v) is 9.59. The van der Waals surface area contributed by atoms with Gasteiger partial charge in [0.05, 0.1) is 6.10 Å². The van der Waals surface area contributed by atoms with Gasteiger partial charge in [-0.05, 0) is 19.8 Å². The van der Waals surface area contributed by atoms with Gasteiger partial charge in [-0.1, -0.05) is 0 Å². The van der Waals surface area contributed by atoms with Crippen LogP contribution in [-0.4, -0.2) is 32.5 Å². The molecule has 0 spiro atoms. The first-order valence-corrected chi connectivity index (χ1v) is 5.64. The number of rotatable bonds is 2. The number of aromatic nitrogens is 2. The molecule has 3 atom stereocenters. The molecule has 0 saturated heterocycles. The average Bonchev–Trinajstić information content (AvgIpc) is 2.65. The van der Waals surface area contributed by atoms with Gasteiger partial charge < -0.3 is 10.2 Å². The number of aliphatic hydroxyl groups excluding tert-OH is 2. The molecule has 1 aromatic heterocycles. The van der Waals surface area contributed by atoms with E-state index in [4.69, 9.17) is 5.11 Å².